The van der Waals surface area contributed by atoms with Crippen LogP contribution in [0, 0.1) is 0 Å². The number of anilines is 1. The van der Waals surface area contributed by atoms with Crippen LogP contribution < -0.4 is 9.64 Å². The average molecular weight is 331 g/mol. The number of aromatic nitrogens is 1. The van der Waals surface area contributed by atoms with Gasteiger partial charge in [0.05, 0.1) is 17.8 Å². The lowest BCUT2D eigenvalue weighted by Gasteiger charge is -2.35. The van der Waals surface area contributed by atoms with Gasteiger partial charge in [-0.25, -0.2) is 4.98 Å². The van der Waals surface area contributed by atoms with E-state index in [1.165, 1.54) is 16.4 Å². The lowest BCUT2D eigenvalue weighted by atomic mass is 10.2. The number of ether oxygens (including phenoxy) is 1. The minimum absolute atomic E-state index is 0.527. The first-order chi connectivity index (χ1) is 11.2. The fourth-order valence-corrected chi connectivity index (χ4v) is 3.69. The number of hydrogen-bond acceptors (Lipinski definition) is 5. The molecule has 0 bridgehead atoms. The Morgan fingerprint density at radius 2 is 2.00 bits per heavy atom. The van der Waals surface area contributed by atoms with Gasteiger partial charge in [-0.3, -0.25) is 4.90 Å². The zero-order valence-electron chi connectivity index (χ0n) is 14.2. The molecule has 1 aromatic carbocycles. The zero-order valence-corrected chi connectivity index (χ0v) is 15.0. The van der Waals surface area contributed by atoms with Crippen molar-refractivity contribution < 1.29 is 4.74 Å². The van der Waals surface area contributed by atoms with E-state index in [0.717, 1.165) is 38.5 Å². The first kappa shape index (κ1) is 16.3. The van der Waals surface area contributed by atoms with Gasteiger partial charge in [0.25, 0.3) is 0 Å². The molecule has 4 nitrogen and oxygen atoms in total. The molecule has 2 aromatic rings. The molecule has 1 fully saturated rings. The Morgan fingerprint density at radius 1 is 1.22 bits per heavy atom. The largest absolute Gasteiger partial charge is 0.497 e. The Balaban J connectivity index is 1.55. The number of piperazine rings is 1. The van der Waals surface area contributed by atoms with Crippen LogP contribution in [0.5, 0.6) is 5.75 Å². The molecule has 0 N–H and O–H groups in total. The van der Waals surface area contributed by atoms with Crippen LogP contribution in [0.15, 0.2) is 29.6 Å². The Bertz CT molecular complexity index is 633. The predicted octanol–water partition coefficient (Wildman–Crippen LogP) is 3.60. The third kappa shape index (κ3) is 4.03. The molecule has 0 aliphatic carbocycles. The van der Waals surface area contributed by atoms with Crippen LogP contribution in [0.2, 0.25) is 0 Å². The molecule has 5 heteroatoms. The highest BCUT2D eigenvalue weighted by Gasteiger charge is 2.18. The van der Waals surface area contributed by atoms with Gasteiger partial charge in [-0.2, -0.15) is 0 Å². The van der Waals surface area contributed by atoms with Gasteiger partial charge in [0.15, 0.2) is 0 Å². The Morgan fingerprint density at radius 3 is 2.65 bits per heavy atom. The van der Waals surface area contributed by atoms with Crippen molar-refractivity contribution in [2.24, 2.45) is 0 Å². The minimum Gasteiger partial charge on any atom is -0.497 e. The molecule has 0 saturated carbocycles. The number of hydrogen-bond donors (Lipinski definition) is 0. The standard InChI is InChI=1S/C18H25N3OS/c1-14(2)18-19-15(13-23-18)12-20-7-9-21(10-8-20)16-5-4-6-17(11-16)22-3/h4-6,11,13-14H,7-10,12H2,1-3H3. The van der Waals surface area contributed by atoms with E-state index in [1.807, 2.05) is 6.07 Å². The maximum absolute atomic E-state index is 5.32. The second-order valence-corrected chi connectivity index (χ2v) is 7.19. The van der Waals surface area contributed by atoms with Crippen molar-refractivity contribution in [3.8, 4) is 5.75 Å². The van der Waals surface area contributed by atoms with Gasteiger partial charge in [0.1, 0.15) is 5.75 Å². The molecule has 2 heterocycles. The Hall–Kier alpha value is -1.59. The van der Waals surface area contributed by atoms with Gasteiger partial charge >= 0.3 is 0 Å². The van der Waals surface area contributed by atoms with Gasteiger partial charge in [-0.05, 0) is 12.1 Å². The maximum Gasteiger partial charge on any atom is 0.120 e. The molecule has 1 saturated heterocycles. The number of rotatable bonds is 5. The van der Waals surface area contributed by atoms with Crippen LogP contribution >= 0.6 is 11.3 Å². The van der Waals surface area contributed by atoms with Crippen LogP contribution in [0.25, 0.3) is 0 Å². The molecule has 0 spiro atoms. The lowest BCUT2D eigenvalue weighted by molar-refractivity contribution is 0.247. The van der Waals surface area contributed by atoms with Crippen molar-refractivity contribution in [2.75, 3.05) is 38.2 Å². The molecule has 1 aliphatic rings. The van der Waals surface area contributed by atoms with E-state index >= 15 is 0 Å². The van der Waals surface area contributed by atoms with E-state index in [2.05, 4.69) is 47.2 Å². The summed E-state index contributed by atoms with van der Waals surface area (Å²) in [4.78, 5) is 9.68. The summed E-state index contributed by atoms with van der Waals surface area (Å²) in [5, 5.41) is 3.46. The zero-order chi connectivity index (χ0) is 16.2. The summed E-state index contributed by atoms with van der Waals surface area (Å²) < 4.78 is 5.32. The SMILES string of the molecule is COc1cccc(N2CCN(Cc3csc(C(C)C)n3)CC2)c1. The van der Waals surface area contributed by atoms with E-state index in [-0.39, 0.29) is 0 Å². The summed E-state index contributed by atoms with van der Waals surface area (Å²) in [6.45, 7) is 9.63. The van der Waals surface area contributed by atoms with Gasteiger partial charge < -0.3 is 9.64 Å². The van der Waals surface area contributed by atoms with Gasteiger partial charge in [0, 0.05) is 55.8 Å². The lowest BCUT2D eigenvalue weighted by Crippen LogP contribution is -2.46. The number of benzene rings is 1. The van der Waals surface area contributed by atoms with E-state index in [1.54, 1.807) is 18.4 Å². The van der Waals surface area contributed by atoms with E-state index in [0.29, 0.717) is 5.92 Å². The summed E-state index contributed by atoms with van der Waals surface area (Å²) >= 11 is 1.79. The second-order valence-electron chi connectivity index (χ2n) is 6.30. The van der Waals surface area contributed by atoms with Crippen molar-refractivity contribution in [3.63, 3.8) is 0 Å². The van der Waals surface area contributed by atoms with Crippen LogP contribution in [-0.4, -0.2) is 43.2 Å². The highest BCUT2D eigenvalue weighted by Crippen LogP contribution is 2.23. The maximum atomic E-state index is 5.32. The first-order valence-electron chi connectivity index (χ1n) is 8.21. The highest BCUT2D eigenvalue weighted by atomic mass is 32.1. The van der Waals surface area contributed by atoms with Gasteiger partial charge in [-0.15, -0.1) is 11.3 Å². The molecular formula is C18H25N3OS. The minimum atomic E-state index is 0.527. The van der Waals surface area contributed by atoms with Crippen molar-refractivity contribution in [2.45, 2.75) is 26.3 Å². The summed E-state index contributed by atoms with van der Waals surface area (Å²) in [5.74, 6) is 1.45. The molecule has 3 rings (SSSR count). The molecule has 0 radical (unpaired) electrons. The highest BCUT2D eigenvalue weighted by molar-refractivity contribution is 7.09. The smallest absolute Gasteiger partial charge is 0.120 e. The second kappa shape index (κ2) is 7.32. The van der Waals surface area contributed by atoms with Crippen molar-refractivity contribution >= 4 is 17.0 Å². The molecule has 1 aliphatic heterocycles. The monoisotopic (exact) mass is 331 g/mol. The summed E-state index contributed by atoms with van der Waals surface area (Å²) in [5.41, 5.74) is 2.47. The number of thiazole rings is 1. The van der Waals surface area contributed by atoms with E-state index < -0.39 is 0 Å². The van der Waals surface area contributed by atoms with Crippen molar-refractivity contribution in [1.82, 2.24) is 9.88 Å². The molecule has 1 aromatic heterocycles. The van der Waals surface area contributed by atoms with E-state index in [4.69, 9.17) is 9.72 Å². The number of nitrogens with zero attached hydrogens (tertiary/aromatic N) is 3. The quantitative estimate of drug-likeness (QED) is 0.837. The Kier molecular flexibility index (Phi) is 5.18. The average Bonchev–Trinajstić information content (AvgIpc) is 3.04. The topological polar surface area (TPSA) is 28.6 Å². The molecule has 124 valence electrons. The fraction of sp³-hybridized carbons (Fsp3) is 0.500. The summed E-state index contributed by atoms with van der Waals surface area (Å²) in [6.07, 6.45) is 0. The molecule has 23 heavy (non-hydrogen) atoms. The fourth-order valence-electron chi connectivity index (χ4n) is 2.86. The van der Waals surface area contributed by atoms with Gasteiger partial charge in [0.2, 0.25) is 0 Å². The third-order valence-corrected chi connectivity index (χ3v) is 5.43. The molecule has 0 atom stereocenters. The Labute approximate surface area is 142 Å². The molecular weight excluding hydrogens is 306 g/mol. The number of methoxy groups -OCH3 is 1. The van der Waals surface area contributed by atoms with Crippen molar-refractivity contribution in [1.29, 1.82) is 0 Å². The van der Waals surface area contributed by atoms with Gasteiger partial charge in [-0.1, -0.05) is 19.9 Å². The first-order valence-corrected chi connectivity index (χ1v) is 9.09. The molecule has 0 amide bonds. The molecule has 0 unspecified atom stereocenters. The summed E-state index contributed by atoms with van der Waals surface area (Å²) in [7, 11) is 1.72. The van der Waals surface area contributed by atoms with Crippen molar-refractivity contribution in [3.05, 3.63) is 40.3 Å². The van der Waals surface area contributed by atoms with Crippen LogP contribution in [0.3, 0.4) is 0 Å². The predicted molar refractivity (Wildman–Crippen MR) is 96.7 cm³/mol. The van der Waals surface area contributed by atoms with Crippen LogP contribution in [0.1, 0.15) is 30.5 Å². The third-order valence-electron chi connectivity index (χ3n) is 4.24. The van der Waals surface area contributed by atoms with Crippen LogP contribution in [0.4, 0.5) is 5.69 Å². The normalized spacial score (nSPS) is 16.1. The van der Waals surface area contributed by atoms with Crippen LogP contribution in [-0.2, 0) is 6.54 Å². The summed E-state index contributed by atoms with van der Waals surface area (Å²) in [6, 6.07) is 8.33. The van der Waals surface area contributed by atoms with E-state index in [9.17, 15) is 0 Å².